The molecule has 4 nitrogen and oxygen atoms in total. The Morgan fingerprint density at radius 2 is 1.24 bits per heavy atom. The maximum atomic E-state index is 6.13. The van der Waals surface area contributed by atoms with Crippen LogP contribution in [-0.2, 0) is 0 Å². The minimum absolute atomic E-state index is 0.721. The van der Waals surface area contributed by atoms with Gasteiger partial charge in [-0.2, -0.15) is 0 Å². The van der Waals surface area contributed by atoms with Gasteiger partial charge in [-0.3, -0.25) is 9.55 Å². The Balaban J connectivity index is 1.29. The Hall–Kier alpha value is -1.85. The lowest BCUT2D eigenvalue weighted by molar-refractivity contribution is 0.531. The van der Waals surface area contributed by atoms with E-state index >= 15 is 0 Å². The molecule has 0 saturated carbocycles. The van der Waals surface area contributed by atoms with Crippen molar-refractivity contribution in [2.24, 2.45) is 0 Å². The van der Waals surface area contributed by atoms with Crippen molar-refractivity contribution < 1.29 is 0 Å². The smallest absolute Gasteiger partial charge is 0.196 e. The van der Waals surface area contributed by atoms with Crippen molar-refractivity contribution in [3.8, 4) is 17.2 Å². The second kappa shape index (κ2) is 18.4. The van der Waals surface area contributed by atoms with Gasteiger partial charge in [-0.1, -0.05) is 133 Å². The summed E-state index contributed by atoms with van der Waals surface area (Å²) in [6.07, 6.45) is 24.1. The van der Waals surface area contributed by atoms with Gasteiger partial charge in [0.2, 0.25) is 0 Å². The van der Waals surface area contributed by atoms with Crippen LogP contribution >= 0.6 is 23.4 Å². The third-order valence-electron chi connectivity index (χ3n) is 6.84. The number of rotatable bonds is 20. The zero-order valence-corrected chi connectivity index (χ0v) is 24.3. The number of hydrogen-bond donors (Lipinski definition) is 0. The minimum atomic E-state index is 0.721. The molecule has 0 spiro atoms. The molecule has 0 aliphatic carbocycles. The van der Waals surface area contributed by atoms with E-state index in [1.54, 1.807) is 18.0 Å². The van der Waals surface area contributed by atoms with E-state index < -0.39 is 0 Å². The van der Waals surface area contributed by atoms with Gasteiger partial charge in [-0.25, -0.2) is 0 Å². The molecule has 0 saturated heterocycles. The number of nitrogens with zero attached hydrogens (tertiary/aromatic N) is 4. The first-order valence-corrected chi connectivity index (χ1v) is 15.9. The normalized spacial score (nSPS) is 11.3. The SMILES string of the molecule is CCCCCCCCCCCCCCCCCCSc1nnc(-c2ccccn2)n1-c1ccc(Cl)cc1. The highest BCUT2D eigenvalue weighted by Crippen LogP contribution is 2.28. The summed E-state index contributed by atoms with van der Waals surface area (Å²) in [6, 6.07) is 13.7. The van der Waals surface area contributed by atoms with Crippen molar-refractivity contribution in [1.29, 1.82) is 0 Å². The summed E-state index contributed by atoms with van der Waals surface area (Å²) in [6.45, 7) is 2.29. The van der Waals surface area contributed by atoms with Gasteiger partial charge in [-0.05, 0) is 42.8 Å². The highest BCUT2D eigenvalue weighted by atomic mass is 35.5. The summed E-state index contributed by atoms with van der Waals surface area (Å²) >= 11 is 7.90. The molecule has 2 aromatic heterocycles. The van der Waals surface area contributed by atoms with Crippen LogP contribution in [0.2, 0.25) is 5.02 Å². The lowest BCUT2D eigenvalue weighted by Gasteiger charge is -2.10. The summed E-state index contributed by atoms with van der Waals surface area (Å²) in [7, 11) is 0. The minimum Gasteiger partial charge on any atom is -0.269 e. The van der Waals surface area contributed by atoms with Gasteiger partial charge in [-0.15, -0.1) is 10.2 Å². The molecule has 2 heterocycles. The fourth-order valence-electron chi connectivity index (χ4n) is 4.66. The highest BCUT2D eigenvalue weighted by molar-refractivity contribution is 7.99. The Labute approximate surface area is 234 Å². The maximum Gasteiger partial charge on any atom is 0.196 e. The number of thioether (sulfide) groups is 1. The number of hydrogen-bond acceptors (Lipinski definition) is 4. The van der Waals surface area contributed by atoms with Crippen LogP contribution in [0.25, 0.3) is 17.2 Å². The molecule has 1 aromatic carbocycles. The summed E-state index contributed by atoms with van der Waals surface area (Å²) in [4.78, 5) is 4.49. The van der Waals surface area contributed by atoms with E-state index in [0.717, 1.165) is 33.1 Å². The van der Waals surface area contributed by atoms with E-state index in [2.05, 4.69) is 26.7 Å². The maximum absolute atomic E-state index is 6.13. The third kappa shape index (κ3) is 11.2. The van der Waals surface area contributed by atoms with E-state index in [1.165, 1.54) is 103 Å². The fourth-order valence-corrected chi connectivity index (χ4v) is 5.74. The molecule has 3 aromatic rings. The molecular weight excluding hydrogens is 496 g/mol. The molecule has 0 aliphatic rings. The van der Waals surface area contributed by atoms with Crippen molar-refractivity contribution in [3.05, 3.63) is 53.7 Å². The molecule has 0 fully saturated rings. The lowest BCUT2D eigenvalue weighted by Crippen LogP contribution is -2.00. The van der Waals surface area contributed by atoms with Crippen LogP contribution in [0.3, 0.4) is 0 Å². The standard InChI is InChI=1S/C31H45ClN4S/c1-2-3-4-5-6-7-8-9-10-11-12-13-14-15-16-19-26-37-31-35-34-30(29-20-17-18-25-33-29)36(31)28-23-21-27(32)22-24-28/h17-18,20-25H,2-16,19,26H2,1H3. The largest absolute Gasteiger partial charge is 0.269 e. The zero-order chi connectivity index (χ0) is 26.0. The topological polar surface area (TPSA) is 43.6 Å². The number of unbranched alkanes of at least 4 members (excludes halogenated alkanes) is 15. The third-order valence-corrected chi connectivity index (χ3v) is 8.11. The first-order chi connectivity index (χ1) is 18.3. The Bertz CT molecular complexity index is 975. The van der Waals surface area contributed by atoms with Gasteiger partial charge in [0, 0.05) is 22.7 Å². The highest BCUT2D eigenvalue weighted by Gasteiger charge is 2.16. The average Bonchev–Trinajstić information content (AvgIpc) is 3.35. The van der Waals surface area contributed by atoms with Gasteiger partial charge in [0.1, 0.15) is 5.69 Å². The van der Waals surface area contributed by atoms with Crippen molar-refractivity contribution in [2.75, 3.05) is 5.75 Å². The molecule has 37 heavy (non-hydrogen) atoms. The van der Waals surface area contributed by atoms with Crippen LogP contribution in [0.5, 0.6) is 0 Å². The molecule has 3 rings (SSSR count). The van der Waals surface area contributed by atoms with E-state index in [9.17, 15) is 0 Å². The monoisotopic (exact) mass is 540 g/mol. The van der Waals surface area contributed by atoms with E-state index in [-0.39, 0.29) is 0 Å². The van der Waals surface area contributed by atoms with E-state index in [4.69, 9.17) is 11.6 Å². The van der Waals surface area contributed by atoms with Crippen molar-refractivity contribution in [2.45, 2.75) is 115 Å². The predicted molar refractivity (Wildman–Crippen MR) is 160 cm³/mol. The van der Waals surface area contributed by atoms with Gasteiger partial charge in [0.25, 0.3) is 0 Å². The first-order valence-electron chi connectivity index (χ1n) is 14.5. The van der Waals surface area contributed by atoms with Gasteiger partial charge in [0.15, 0.2) is 11.0 Å². The summed E-state index contributed by atoms with van der Waals surface area (Å²) < 4.78 is 2.09. The van der Waals surface area contributed by atoms with Gasteiger partial charge < -0.3 is 0 Å². The summed E-state index contributed by atoms with van der Waals surface area (Å²) in [5.41, 5.74) is 1.82. The summed E-state index contributed by atoms with van der Waals surface area (Å²) in [5.74, 6) is 1.81. The van der Waals surface area contributed by atoms with E-state index in [1.807, 2.05) is 42.5 Å². The first kappa shape index (κ1) is 29.7. The molecule has 0 aliphatic heterocycles. The van der Waals surface area contributed by atoms with Gasteiger partial charge in [0.05, 0.1) is 0 Å². The average molecular weight is 541 g/mol. The molecule has 6 heteroatoms. The van der Waals surface area contributed by atoms with Crippen LogP contribution in [-0.4, -0.2) is 25.5 Å². The number of aromatic nitrogens is 4. The number of halogens is 1. The van der Waals surface area contributed by atoms with Crippen LogP contribution < -0.4 is 0 Å². The van der Waals surface area contributed by atoms with E-state index in [0.29, 0.717) is 0 Å². The lowest BCUT2D eigenvalue weighted by atomic mass is 10.0. The second-order valence-corrected chi connectivity index (χ2v) is 11.5. The molecule has 0 N–H and O–H groups in total. The molecule has 0 bridgehead atoms. The molecule has 0 radical (unpaired) electrons. The second-order valence-electron chi connectivity index (χ2n) is 9.98. The predicted octanol–water partition coefficient (Wildman–Crippen LogP) is 10.3. The fraction of sp³-hybridized carbons (Fsp3) is 0.581. The molecule has 202 valence electrons. The molecule has 0 amide bonds. The van der Waals surface area contributed by atoms with Crippen LogP contribution in [0.15, 0.2) is 53.8 Å². The molecule has 0 atom stereocenters. The Kier molecular flexibility index (Phi) is 14.8. The Morgan fingerprint density at radius 3 is 1.78 bits per heavy atom. The quantitative estimate of drug-likeness (QED) is 0.105. The summed E-state index contributed by atoms with van der Waals surface area (Å²) in [5, 5.41) is 10.6. The number of benzene rings is 1. The number of pyridine rings is 1. The van der Waals surface area contributed by atoms with Crippen molar-refractivity contribution in [1.82, 2.24) is 19.7 Å². The van der Waals surface area contributed by atoms with Gasteiger partial charge >= 0.3 is 0 Å². The zero-order valence-electron chi connectivity index (χ0n) is 22.7. The van der Waals surface area contributed by atoms with Crippen LogP contribution in [0, 0.1) is 0 Å². The van der Waals surface area contributed by atoms with Crippen LogP contribution in [0.1, 0.15) is 110 Å². The van der Waals surface area contributed by atoms with Crippen LogP contribution in [0.4, 0.5) is 0 Å². The molecule has 0 unspecified atom stereocenters. The Morgan fingerprint density at radius 1 is 0.676 bits per heavy atom. The van der Waals surface area contributed by atoms with Crippen molar-refractivity contribution in [3.63, 3.8) is 0 Å². The van der Waals surface area contributed by atoms with Crippen molar-refractivity contribution >= 4 is 23.4 Å². The molecular formula is C31H45ClN4S.